The summed E-state index contributed by atoms with van der Waals surface area (Å²) < 4.78 is 32.0. The van der Waals surface area contributed by atoms with Crippen molar-refractivity contribution in [3.8, 4) is 11.4 Å². The second kappa shape index (κ2) is 17.6. The molecule has 1 saturated heterocycles. The summed E-state index contributed by atoms with van der Waals surface area (Å²) >= 11 is 0. The number of nitrogens with zero attached hydrogens (tertiary/aromatic N) is 6. The lowest BCUT2D eigenvalue weighted by atomic mass is 9.90. The van der Waals surface area contributed by atoms with Crippen molar-refractivity contribution in [2.24, 2.45) is 0 Å². The first kappa shape index (κ1) is 41.4. The number of aliphatic hydroxyl groups excluding tert-OH is 1. The van der Waals surface area contributed by atoms with E-state index in [-0.39, 0.29) is 29.8 Å². The van der Waals surface area contributed by atoms with Crippen molar-refractivity contribution >= 4 is 39.2 Å². The third kappa shape index (κ3) is 8.41. The zero-order valence-corrected chi connectivity index (χ0v) is 34.4. The topological polar surface area (TPSA) is 121 Å². The number of rotatable bonds is 8. The van der Waals surface area contributed by atoms with Gasteiger partial charge in [-0.3, -0.25) is 24.9 Å². The number of piperidine rings is 1. The Hall–Kier alpha value is -5.76. The molecule has 2 unspecified atom stereocenters. The number of aromatic nitrogens is 4. The molecule has 2 amide bonds. The number of hydrogen-bond acceptors (Lipinski definition) is 7. The average molecular weight is 803 g/mol. The van der Waals surface area contributed by atoms with Crippen LogP contribution in [0.25, 0.3) is 38.8 Å². The van der Waals surface area contributed by atoms with Gasteiger partial charge >= 0.3 is 0 Å². The molecule has 2 aliphatic rings. The van der Waals surface area contributed by atoms with E-state index in [0.29, 0.717) is 22.5 Å². The van der Waals surface area contributed by atoms with Crippen LogP contribution >= 0.6 is 0 Å². The minimum absolute atomic E-state index is 0.00993. The van der Waals surface area contributed by atoms with Crippen molar-refractivity contribution in [2.75, 3.05) is 33.7 Å². The Morgan fingerprint density at radius 3 is 1.90 bits per heavy atom. The van der Waals surface area contributed by atoms with Gasteiger partial charge in [0.15, 0.2) is 0 Å². The summed E-state index contributed by atoms with van der Waals surface area (Å²) in [6.45, 7) is 10.3. The number of nitrogens with one attached hydrogen (secondary N) is 2. The van der Waals surface area contributed by atoms with E-state index in [1.165, 1.54) is 29.8 Å². The minimum atomic E-state index is -0.632. The number of carbonyl (C=O) groups is 2. The zero-order valence-electron chi connectivity index (χ0n) is 34.4. The van der Waals surface area contributed by atoms with E-state index in [2.05, 4.69) is 26.7 Å². The summed E-state index contributed by atoms with van der Waals surface area (Å²) in [6.07, 6.45) is 15.4. The van der Waals surface area contributed by atoms with Crippen LogP contribution in [-0.2, 0) is 0 Å². The molecular formula is C46H52F2N8O3. The summed E-state index contributed by atoms with van der Waals surface area (Å²) in [4.78, 5) is 38.0. The lowest BCUT2D eigenvalue weighted by Crippen LogP contribution is -2.39. The predicted molar refractivity (Wildman–Crippen MR) is 228 cm³/mol. The van der Waals surface area contributed by atoms with Gasteiger partial charge in [-0.25, -0.2) is 8.78 Å². The molecule has 0 saturated carbocycles. The highest BCUT2D eigenvalue weighted by Crippen LogP contribution is 2.36. The van der Waals surface area contributed by atoms with Crippen molar-refractivity contribution in [1.29, 1.82) is 0 Å². The van der Waals surface area contributed by atoms with Gasteiger partial charge in [0.1, 0.15) is 17.9 Å². The highest BCUT2D eigenvalue weighted by Gasteiger charge is 2.29. The van der Waals surface area contributed by atoms with E-state index in [9.17, 15) is 23.5 Å². The maximum atomic E-state index is 14.1. The van der Waals surface area contributed by atoms with Crippen LogP contribution in [0.3, 0.4) is 0 Å². The molecule has 59 heavy (non-hydrogen) atoms. The van der Waals surface area contributed by atoms with Crippen LogP contribution in [0.2, 0.25) is 0 Å². The molecule has 0 spiro atoms. The normalized spacial score (nSPS) is 16.9. The van der Waals surface area contributed by atoms with Gasteiger partial charge in [0, 0.05) is 79.8 Å². The Kier molecular flexibility index (Phi) is 12.4. The van der Waals surface area contributed by atoms with Crippen LogP contribution in [-0.4, -0.2) is 97.9 Å². The fourth-order valence-electron chi connectivity index (χ4n) is 7.80. The lowest BCUT2D eigenvalue weighted by molar-refractivity contribution is 0.0746. The van der Waals surface area contributed by atoms with Gasteiger partial charge in [-0.15, -0.1) is 0 Å². The number of benzene rings is 2. The third-order valence-corrected chi connectivity index (χ3v) is 11.5. The first-order chi connectivity index (χ1) is 28.3. The first-order valence-corrected chi connectivity index (χ1v) is 20.2. The standard InChI is InChI=1S/C23H27FN4O2.C23H25FN4O/c1-14(2)27(3)23(30)18-11-15(24)6-7-20(18)28-13-19(16-8-10-25-12-21(16)28)17-5-4-9-26-22(17)29;1-15(2)27(3)23(29)19-11-17(24)6-7-21(19)28-14-20(16-5-4-9-25-12-16)18-8-10-26-13-22(18)28/h6-8,10-14,17,22,26,29H,4-5,9H2,1-3H3;5-8,10-11,13-15,25H,4,9,12H2,1-3H3. The maximum Gasteiger partial charge on any atom is 0.256 e. The van der Waals surface area contributed by atoms with Crippen LogP contribution in [0.1, 0.15) is 84.7 Å². The molecule has 4 aromatic heterocycles. The second-order valence-electron chi connectivity index (χ2n) is 15.8. The van der Waals surface area contributed by atoms with Crippen LogP contribution < -0.4 is 10.6 Å². The van der Waals surface area contributed by atoms with Crippen LogP contribution in [0.15, 0.2) is 91.8 Å². The lowest BCUT2D eigenvalue weighted by Gasteiger charge is -2.28. The third-order valence-electron chi connectivity index (χ3n) is 11.5. The van der Waals surface area contributed by atoms with Crippen molar-refractivity contribution in [3.63, 3.8) is 0 Å². The van der Waals surface area contributed by atoms with Gasteiger partial charge < -0.3 is 29.4 Å². The van der Waals surface area contributed by atoms with Crippen molar-refractivity contribution in [2.45, 2.75) is 71.2 Å². The molecule has 11 nitrogen and oxygen atoms in total. The molecule has 0 bridgehead atoms. The Balaban J connectivity index is 0.000000179. The molecule has 2 aliphatic heterocycles. The van der Waals surface area contributed by atoms with Crippen LogP contribution in [0.4, 0.5) is 8.78 Å². The number of halogens is 2. The number of amides is 2. The van der Waals surface area contributed by atoms with Gasteiger partial charge in [-0.2, -0.15) is 0 Å². The molecule has 0 radical (unpaired) electrons. The Morgan fingerprint density at radius 2 is 1.36 bits per heavy atom. The van der Waals surface area contributed by atoms with Crippen LogP contribution in [0.5, 0.6) is 0 Å². The van der Waals surface area contributed by atoms with Gasteiger partial charge in [0.25, 0.3) is 11.8 Å². The fraction of sp³-hybridized carbons (Fsp3) is 0.348. The second-order valence-corrected chi connectivity index (χ2v) is 15.8. The number of pyridine rings is 2. The smallest absolute Gasteiger partial charge is 0.256 e. The van der Waals surface area contributed by atoms with Gasteiger partial charge in [0.05, 0.1) is 45.9 Å². The molecule has 2 aromatic carbocycles. The van der Waals surface area contributed by atoms with Gasteiger partial charge in [-0.1, -0.05) is 6.08 Å². The summed E-state index contributed by atoms with van der Waals surface area (Å²) in [5.74, 6) is -1.40. The monoisotopic (exact) mass is 802 g/mol. The first-order valence-electron chi connectivity index (χ1n) is 20.2. The Labute approximate surface area is 343 Å². The Bertz CT molecular complexity index is 2520. The summed E-state index contributed by atoms with van der Waals surface area (Å²) in [5.41, 5.74) is 6.90. The van der Waals surface area contributed by atoms with E-state index < -0.39 is 17.9 Å². The molecule has 8 rings (SSSR count). The minimum Gasteiger partial charge on any atom is -0.378 e. The van der Waals surface area contributed by atoms with Gasteiger partial charge in [-0.05, 0) is 120 Å². The van der Waals surface area contributed by atoms with E-state index in [4.69, 9.17) is 0 Å². The molecule has 0 aliphatic carbocycles. The highest BCUT2D eigenvalue weighted by atomic mass is 19.1. The van der Waals surface area contributed by atoms with Crippen LogP contribution in [0, 0.1) is 11.6 Å². The maximum absolute atomic E-state index is 14.1. The summed E-state index contributed by atoms with van der Waals surface area (Å²) in [6, 6.07) is 12.6. The molecule has 2 atom stereocenters. The largest absolute Gasteiger partial charge is 0.378 e. The molecule has 6 heterocycles. The molecule has 6 aromatic rings. The summed E-state index contributed by atoms with van der Waals surface area (Å²) in [5, 5.41) is 19.1. The SMILES string of the molecule is CC(C)N(C)C(=O)c1cc(F)ccc1-n1cc(C2=CCCNC2)c2ccncc21.CC(C)N(C)C(=O)c1cc(F)ccc1-n1cc(C2CCCNC2O)c2ccncc21. The van der Waals surface area contributed by atoms with E-state index in [1.807, 2.05) is 61.4 Å². The molecule has 13 heteroatoms. The zero-order chi connectivity index (χ0) is 42.0. The molecule has 3 N–H and O–H groups in total. The van der Waals surface area contributed by atoms with Crippen molar-refractivity contribution in [1.82, 2.24) is 39.5 Å². The average Bonchev–Trinajstić information content (AvgIpc) is 3.82. The number of aliphatic hydroxyl groups is 1. The number of hydrogen-bond donors (Lipinski definition) is 3. The molecular weight excluding hydrogens is 751 g/mol. The van der Waals surface area contributed by atoms with E-state index in [0.717, 1.165) is 71.8 Å². The predicted octanol–water partition coefficient (Wildman–Crippen LogP) is 7.45. The number of carbonyl (C=O) groups excluding carboxylic acids is 2. The van der Waals surface area contributed by atoms with Gasteiger partial charge in [0.2, 0.25) is 0 Å². The summed E-state index contributed by atoms with van der Waals surface area (Å²) in [7, 11) is 3.45. The Morgan fingerprint density at radius 1 is 0.797 bits per heavy atom. The van der Waals surface area contributed by atoms with Crippen molar-refractivity contribution in [3.05, 3.63) is 126 Å². The number of fused-ring (bicyclic) bond motifs is 2. The quantitative estimate of drug-likeness (QED) is 0.146. The highest BCUT2D eigenvalue weighted by molar-refractivity contribution is 6.01. The molecule has 1 fully saturated rings. The van der Waals surface area contributed by atoms with E-state index in [1.54, 1.807) is 60.8 Å². The van der Waals surface area contributed by atoms with Crippen molar-refractivity contribution < 1.29 is 23.5 Å². The molecule has 308 valence electrons. The fourth-order valence-corrected chi connectivity index (χ4v) is 7.80. The van der Waals surface area contributed by atoms with E-state index >= 15 is 0 Å².